The van der Waals surface area contributed by atoms with Crippen LogP contribution in [0.25, 0.3) is 10.9 Å². The first-order chi connectivity index (χ1) is 14.4. The Kier molecular flexibility index (Phi) is 7.06. The minimum absolute atomic E-state index is 0.120. The van der Waals surface area contributed by atoms with Crippen molar-refractivity contribution in [1.82, 2.24) is 10.3 Å². The molecular formula is C21H22FN3O3S2. The fourth-order valence-electron chi connectivity index (χ4n) is 3.39. The molecule has 1 aromatic heterocycles. The number of nitrogens with one attached hydrogen (secondary N) is 1. The van der Waals surface area contributed by atoms with Gasteiger partial charge in [-0.2, -0.15) is 0 Å². The number of anilines is 1. The molecule has 0 aliphatic carbocycles. The quantitative estimate of drug-likeness (QED) is 0.406. The second-order valence-electron chi connectivity index (χ2n) is 6.64. The number of pyridine rings is 1. The zero-order chi connectivity index (χ0) is 21.8. The van der Waals surface area contributed by atoms with Crippen LogP contribution in [-0.2, 0) is 24.0 Å². The maximum absolute atomic E-state index is 13.2. The molecule has 158 valence electrons. The fourth-order valence-corrected chi connectivity index (χ4v) is 5.08. The average molecular weight is 448 g/mol. The van der Waals surface area contributed by atoms with Crippen LogP contribution in [0.3, 0.4) is 0 Å². The second-order valence-corrected chi connectivity index (χ2v) is 8.82. The van der Waals surface area contributed by atoms with Gasteiger partial charge in [-0.1, -0.05) is 12.1 Å². The SMILES string of the molecule is CNCc1c(C=O)c(O)c2ncc(Cc3ccc(F)cc3)cc2c1N(SC)S(C)=O. The van der Waals surface area contributed by atoms with Crippen LogP contribution in [-0.4, -0.2) is 40.1 Å². The molecule has 0 radical (unpaired) electrons. The van der Waals surface area contributed by atoms with E-state index >= 15 is 0 Å². The van der Waals surface area contributed by atoms with Crippen molar-refractivity contribution < 1.29 is 18.5 Å². The Bertz CT molecular complexity index is 1110. The number of hydrogen-bond donors (Lipinski definition) is 2. The fraction of sp³-hybridized carbons (Fsp3) is 0.238. The number of hydrogen-bond acceptors (Lipinski definition) is 6. The maximum atomic E-state index is 13.2. The normalized spacial score (nSPS) is 12.1. The minimum Gasteiger partial charge on any atom is -0.505 e. The molecule has 1 atom stereocenters. The molecule has 0 saturated heterocycles. The third-order valence-corrected chi connectivity index (χ3v) is 6.91. The van der Waals surface area contributed by atoms with Crippen molar-refractivity contribution in [2.75, 3.05) is 23.3 Å². The number of aromatic nitrogens is 1. The number of aromatic hydroxyl groups is 1. The third kappa shape index (κ3) is 4.33. The molecule has 2 aromatic carbocycles. The Morgan fingerprint density at radius 3 is 2.57 bits per heavy atom. The van der Waals surface area contributed by atoms with Crippen LogP contribution >= 0.6 is 11.9 Å². The Morgan fingerprint density at radius 1 is 1.30 bits per heavy atom. The molecule has 3 rings (SSSR count). The van der Waals surface area contributed by atoms with Gasteiger partial charge in [-0.05, 0) is 54.7 Å². The van der Waals surface area contributed by atoms with E-state index in [2.05, 4.69) is 10.3 Å². The Balaban J connectivity index is 2.28. The number of fused-ring (bicyclic) bond motifs is 1. The van der Waals surface area contributed by atoms with E-state index in [-0.39, 0.29) is 22.6 Å². The van der Waals surface area contributed by atoms with Gasteiger partial charge in [0.05, 0.1) is 11.3 Å². The summed E-state index contributed by atoms with van der Waals surface area (Å²) in [6, 6.07) is 8.07. The van der Waals surface area contributed by atoms with Crippen molar-refractivity contribution in [3.63, 3.8) is 0 Å². The first-order valence-corrected chi connectivity index (χ1v) is 11.8. The smallest absolute Gasteiger partial charge is 0.154 e. The number of rotatable bonds is 8. The molecule has 2 N–H and O–H groups in total. The number of aldehydes is 1. The molecule has 0 aliphatic heterocycles. The molecule has 0 amide bonds. The van der Waals surface area contributed by atoms with Gasteiger partial charge in [-0.3, -0.25) is 9.78 Å². The number of halogens is 1. The number of phenolic OH excluding ortho intramolecular Hbond substituents is 1. The van der Waals surface area contributed by atoms with E-state index in [1.165, 1.54) is 24.1 Å². The summed E-state index contributed by atoms with van der Waals surface area (Å²) in [6.07, 6.45) is 6.06. The molecule has 30 heavy (non-hydrogen) atoms. The largest absolute Gasteiger partial charge is 0.505 e. The van der Waals surface area contributed by atoms with Gasteiger partial charge >= 0.3 is 0 Å². The van der Waals surface area contributed by atoms with Crippen LogP contribution in [0.15, 0.2) is 36.5 Å². The number of carbonyl (C=O) groups excluding carboxylic acids is 1. The summed E-state index contributed by atoms with van der Waals surface area (Å²) in [5.41, 5.74) is 3.24. The van der Waals surface area contributed by atoms with Crippen LogP contribution in [0.5, 0.6) is 5.75 Å². The van der Waals surface area contributed by atoms with Gasteiger partial charge in [-0.25, -0.2) is 12.3 Å². The first-order valence-electron chi connectivity index (χ1n) is 9.09. The maximum Gasteiger partial charge on any atom is 0.154 e. The molecule has 0 saturated carbocycles. The lowest BCUT2D eigenvalue weighted by molar-refractivity contribution is 0.112. The summed E-state index contributed by atoms with van der Waals surface area (Å²) >= 11 is 1.26. The highest BCUT2D eigenvalue weighted by atomic mass is 32.2. The summed E-state index contributed by atoms with van der Waals surface area (Å²) in [7, 11) is 0.345. The van der Waals surface area contributed by atoms with Crippen LogP contribution in [0.4, 0.5) is 10.1 Å². The second kappa shape index (κ2) is 9.55. The predicted octanol–water partition coefficient (Wildman–Crippen LogP) is 3.58. The zero-order valence-electron chi connectivity index (χ0n) is 16.8. The minimum atomic E-state index is -1.39. The van der Waals surface area contributed by atoms with Crippen molar-refractivity contribution in [3.8, 4) is 5.75 Å². The van der Waals surface area contributed by atoms with E-state index in [1.807, 2.05) is 6.07 Å². The molecule has 3 aromatic rings. The van der Waals surface area contributed by atoms with Gasteiger partial charge in [-0.15, -0.1) is 0 Å². The molecule has 0 aliphatic rings. The highest BCUT2D eigenvalue weighted by Gasteiger charge is 2.25. The monoisotopic (exact) mass is 447 g/mol. The first kappa shape index (κ1) is 22.2. The lowest BCUT2D eigenvalue weighted by atomic mass is 9.98. The van der Waals surface area contributed by atoms with Crippen molar-refractivity contribution in [1.29, 1.82) is 0 Å². The van der Waals surface area contributed by atoms with Crippen molar-refractivity contribution in [3.05, 3.63) is 64.6 Å². The molecule has 6 nitrogen and oxygen atoms in total. The molecule has 9 heteroatoms. The van der Waals surface area contributed by atoms with E-state index in [1.54, 1.807) is 41.6 Å². The van der Waals surface area contributed by atoms with Gasteiger partial charge in [0.15, 0.2) is 12.0 Å². The van der Waals surface area contributed by atoms with Crippen LogP contribution < -0.4 is 9.03 Å². The summed E-state index contributed by atoms with van der Waals surface area (Å²) in [5.74, 6) is -0.507. The molecule has 1 heterocycles. The van der Waals surface area contributed by atoms with E-state index in [0.29, 0.717) is 35.9 Å². The molecule has 0 bridgehead atoms. The summed E-state index contributed by atoms with van der Waals surface area (Å²) in [5, 5.41) is 14.3. The van der Waals surface area contributed by atoms with Gasteiger partial charge < -0.3 is 10.4 Å². The lowest BCUT2D eigenvalue weighted by Crippen LogP contribution is -2.21. The highest BCUT2D eigenvalue weighted by molar-refractivity contribution is 8.11. The van der Waals surface area contributed by atoms with Crippen LogP contribution in [0.1, 0.15) is 27.0 Å². The topological polar surface area (TPSA) is 82.5 Å². The predicted molar refractivity (Wildman–Crippen MR) is 121 cm³/mol. The third-order valence-electron chi connectivity index (χ3n) is 4.66. The average Bonchev–Trinajstić information content (AvgIpc) is 2.72. The van der Waals surface area contributed by atoms with E-state index in [0.717, 1.165) is 11.1 Å². The van der Waals surface area contributed by atoms with E-state index in [9.17, 15) is 18.5 Å². The summed E-state index contributed by atoms with van der Waals surface area (Å²) in [4.78, 5) is 16.2. The number of carbonyl (C=O) groups is 1. The van der Waals surface area contributed by atoms with Crippen LogP contribution in [0.2, 0.25) is 0 Å². The van der Waals surface area contributed by atoms with Gasteiger partial charge in [0, 0.05) is 36.2 Å². The van der Waals surface area contributed by atoms with Gasteiger partial charge in [0.1, 0.15) is 22.3 Å². The summed E-state index contributed by atoms with van der Waals surface area (Å²) in [6.45, 7) is 0.295. The molecular weight excluding hydrogens is 425 g/mol. The number of benzene rings is 2. The zero-order valence-corrected chi connectivity index (χ0v) is 18.4. The van der Waals surface area contributed by atoms with Crippen molar-refractivity contribution >= 4 is 45.8 Å². The molecule has 0 fully saturated rings. The van der Waals surface area contributed by atoms with Gasteiger partial charge in [0.25, 0.3) is 0 Å². The van der Waals surface area contributed by atoms with E-state index in [4.69, 9.17) is 0 Å². The van der Waals surface area contributed by atoms with E-state index < -0.39 is 11.0 Å². The van der Waals surface area contributed by atoms with Crippen molar-refractivity contribution in [2.24, 2.45) is 0 Å². The molecule has 0 spiro atoms. The number of phenols is 1. The Morgan fingerprint density at radius 2 is 2.00 bits per heavy atom. The van der Waals surface area contributed by atoms with Crippen LogP contribution in [0, 0.1) is 5.82 Å². The van der Waals surface area contributed by atoms with Crippen molar-refractivity contribution in [2.45, 2.75) is 13.0 Å². The Hall–Kier alpha value is -2.49. The standard InChI is InChI=1S/C21H22FN3O3S2/c1-23-11-17-18(12-26)21(27)19-16(20(17)25(29-2)30(3)28)9-14(10-24-19)8-13-4-6-15(22)7-5-13/h4-7,9-10,12,23,27H,8,11H2,1-3H3. The molecule has 1 unspecified atom stereocenters. The van der Waals surface area contributed by atoms with Gasteiger partial charge in [0.2, 0.25) is 0 Å². The Labute approximate surface area is 181 Å². The lowest BCUT2D eigenvalue weighted by Gasteiger charge is -2.25. The summed E-state index contributed by atoms with van der Waals surface area (Å²) < 4.78 is 27.3. The highest BCUT2D eigenvalue weighted by Crippen LogP contribution is 2.41. The number of nitrogens with zero attached hydrogens (tertiary/aromatic N) is 2.